The molecule has 0 amide bonds. The van der Waals surface area contributed by atoms with Crippen molar-refractivity contribution in [1.29, 1.82) is 0 Å². The second-order valence-corrected chi connectivity index (χ2v) is 7.80. The number of nitrogens with one attached hydrogen (secondary N) is 2. The van der Waals surface area contributed by atoms with E-state index in [1.54, 1.807) is 11.3 Å². The molecule has 0 saturated carbocycles. The van der Waals surface area contributed by atoms with Crippen molar-refractivity contribution in [3.8, 4) is 0 Å². The van der Waals surface area contributed by atoms with Crippen molar-refractivity contribution in [2.24, 2.45) is 10.9 Å². The molecule has 1 aliphatic rings. The van der Waals surface area contributed by atoms with Crippen LogP contribution in [0.3, 0.4) is 0 Å². The minimum Gasteiger partial charge on any atom is -0.379 e. The Hall–Kier alpha value is -0.380. The molecule has 26 heavy (non-hydrogen) atoms. The second-order valence-electron chi connectivity index (χ2n) is 7.02. The van der Waals surface area contributed by atoms with Gasteiger partial charge in [-0.2, -0.15) is 11.3 Å². The number of hydrogen-bond acceptors (Lipinski definition) is 4. The van der Waals surface area contributed by atoms with Gasteiger partial charge in [0.1, 0.15) is 0 Å². The molecule has 2 rings (SSSR count). The fourth-order valence-corrected chi connectivity index (χ4v) is 3.89. The summed E-state index contributed by atoms with van der Waals surface area (Å²) in [5, 5.41) is 11.3. The Kier molecular flexibility index (Phi) is 11.7. The number of rotatable bonds is 8. The summed E-state index contributed by atoms with van der Waals surface area (Å²) in [6.45, 7) is 15.2. The molecule has 1 fully saturated rings. The average molecular weight is 494 g/mol. The van der Waals surface area contributed by atoms with Gasteiger partial charge in [-0.05, 0) is 41.1 Å². The van der Waals surface area contributed by atoms with Gasteiger partial charge in [-0.25, -0.2) is 0 Å². The summed E-state index contributed by atoms with van der Waals surface area (Å²) in [6, 6.07) is 2.67. The van der Waals surface area contributed by atoms with E-state index in [0.29, 0.717) is 17.9 Å². The largest absolute Gasteiger partial charge is 0.379 e. The van der Waals surface area contributed by atoms with Crippen LogP contribution in [0.4, 0.5) is 0 Å². The normalized spacial score (nSPS) is 18.3. The van der Waals surface area contributed by atoms with E-state index in [2.05, 4.69) is 60.1 Å². The standard InChI is InChI=1S/C19H34N4OS.HI/c1-5-20-19(21-12-16(4)17-6-11-25-14-17)22-13-18(15(2)3)23-7-9-24-10-8-23;/h6,11,14-16,18H,5,7-10,12-13H2,1-4H3,(H2,20,21,22);1H. The van der Waals surface area contributed by atoms with Gasteiger partial charge in [0, 0.05) is 32.2 Å². The van der Waals surface area contributed by atoms with Crippen molar-refractivity contribution in [2.45, 2.75) is 39.7 Å². The summed E-state index contributed by atoms with van der Waals surface area (Å²) in [7, 11) is 0. The van der Waals surface area contributed by atoms with Crippen LogP contribution in [0.2, 0.25) is 0 Å². The van der Waals surface area contributed by atoms with Gasteiger partial charge in [0.2, 0.25) is 0 Å². The molecular formula is C19H35IN4OS. The molecule has 5 nitrogen and oxygen atoms in total. The molecule has 2 N–H and O–H groups in total. The van der Waals surface area contributed by atoms with E-state index < -0.39 is 0 Å². The van der Waals surface area contributed by atoms with Crippen LogP contribution in [0.25, 0.3) is 0 Å². The number of ether oxygens (including phenoxy) is 1. The van der Waals surface area contributed by atoms with Crippen LogP contribution < -0.4 is 10.6 Å². The molecule has 0 aromatic carbocycles. The minimum absolute atomic E-state index is 0. The molecule has 2 unspecified atom stereocenters. The summed E-state index contributed by atoms with van der Waals surface area (Å²) < 4.78 is 5.49. The highest BCUT2D eigenvalue weighted by molar-refractivity contribution is 14.0. The van der Waals surface area contributed by atoms with E-state index in [-0.39, 0.29) is 24.0 Å². The Balaban J connectivity index is 0.00000338. The lowest BCUT2D eigenvalue weighted by molar-refractivity contribution is 0.00867. The Morgan fingerprint density at radius 1 is 1.27 bits per heavy atom. The molecule has 2 heterocycles. The van der Waals surface area contributed by atoms with Gasteiger partial charge < -0.3 is 15.4 Å². The highest BCUT2D eigenvalue weighted by Crippen LogP contribution is 2.17. The van der Waals surface area contributed by atoms with Crippen molar-refractivity contribution in [3.05, 3.63) is 22.4 Å². The van der Waals surface area contributed by atoms with Crippen LogP contribution in [0.1, 0.15) is 39.2 Å². The van der Waals surface area contributed by atoms with Crippen LogP contribution in [-0.2, 0) is 4.74 Å². The first-order valence-electron chi connectivity index (χ1n) is 9.47. The Morgan fingerprint density at radius 3 is 2.58 bits per heavy atom. The van der Waals surface area contributed by atoms with Crippen LogP contribution >= 0.6 is 35.3 Å². The van der Waals surface area contributed by atoms with Gasteiger partial charge in [0.05, 0.1) is 19.8 Å². The van der Waals surface area contributed by atoms with Gasteiger partial charge in [0.25, 0.3) is 0 Å². The van der Waals surface area contributed by atoms with Gasteiger partial charge >= 0.3 is 0 Å². The number of nitrogens with zero attached hydrogens (tertiary/aromatic N) is 2. The van der Waals surface area contributed by atoms with E-state index in [0.717, 1.165) is 51.9 Å². The molecule has 0 radical (unpaired) electrons. The number of morpholine rings is 1. The minimum atomic E-state index is 0. The smallest absolute Gasteiger partial charge is 0.191 e. The van der Waals surface area contributed by atoms with E-state index in [1.165, 1.54) is 5.56 Å². The van der Waals surface area contributed by atoms with Crippen LogP contribution in [0.15, 0.2) is 21.8 Å². The second kappa shape index (κ2) is 12.9. The van der Waals surface area contributed by atoms with Gasteiger partial charge in [-0.1, -0.05) is 20.8 Å². The van der Waals surface area contributed by atoms with Crippen molar-refractivity contribution >= 4 is 41.3 Å². The third-order valence-electron chi connectivity index (χ3n) is 4.75. The quantitative estimate of drug-likeness (QED) is 0.331. The lowest BCUT2D eigenvalue weighted by atomic mass is 10.0. The van der Waals surface area contributed by atoms with Gasteiger partial charge in [-0.3, -0.25) is 9.89 Å². The van der Waals surface area contributed by atoms with Crippen molar-refractivity contribution < 1.29 is 4.74 Å². The highest BCUT2D eigenvalue weighted by atomic mass is 127. The molecule has 2 atom stereocenters. The monoisotopic (exact) mass is 494 g/mol. The predicted octanol–water partition coefficient (Wildman–Crippen LogP) is 3.38. The molecule has 7 heteroatoms. The molecule has 1 aromatic rings. The van der Waals surface area contributed by atoms with Crippen molar-refractivity contribution in [1.82, 2.24) is 15.5 Å². The van der Waals surface area contributed by atoms with E-state index in [4.69, 9.17) is 9.73 Å². The number of halogens is 1. The van der Waals surface area contributed by atoms with Crippen molar-refractivity contribution in [3.63, 3.8) is 0 Å². The van der Waals surface area contributed by atoms with Crippen LogP contribution in [0, 0.1) is 5.92 Å². The molecular weight excluding hydrogens is 459 g/mol. The van der Waals surface area contributed by atoms with E-state index in [9.17, 15) is 0 Å². The fraction of sp³-hybridized carbons (Fsp3) is 0.737. The van der Waals surface area contributed by atoms with Gasteiger partial charge in [0.15, 0.2) is 5.96 Å². The molecule has 1 aliphatic heterocycles. The summed E-state index contributed by atoms with van der Waals surface area (Å²) >= 11 is 1.76. The van der Waals surface area contributed by atoms with Crippen LogP contribution in [0.5, 0.6) is 0 Å². The summed E-state index contributed by atoms with van der Waals surface area (Å²) in [5.41, 5.74) is 1.39. The lowest BCUT2D eigenvalue weighted by Crippen LogP contribution is -2.48. The van der Waals surface area contributed by atoms with Crippen molar-refractivity contribution in [2.75, 3.05) is 45.9 Å². The molecule has 0 spiro atoms. The molecule has 0 aliphatic carbocycles. The first-order chi connectivity index (χ1) is 12.1. The Morgan fingerprint density at radius 2 is 2.00 bits per heavy atom. The Labute approximate surface area is 180 Å². The van der Waals surface area contributed by atoms with Gasteiger partial charge in [-0.15, -0.1) is 24.0 Å². The Bertz CT molecular complexity index is 504. The number of guanidine groups is 1. The molecule has 1 aromatic heterocycles. The van der Waals surface area contributed by atoms with E-state index >= 15 is 0 Å². The zero-order chi connectivity index (χ0) is 18.1. The summed E-state index contributed by atoms with van der Waals surface area (Å²) in [4.78, 5) is 7.40. The number of thiophene rings is 1. The van der Waals surface area contributed by atoms with E-state index in [1.807, 2.05) is 0 Å². The average Bonchev–Trinajstić information content (AvgIpc) is 3.15. The third kappa shape index (κ3) is 7.70. The fourth-order valence-electron chi connectivity index (χ4n) is 3.11. The third-order valence-corrected chi connectivity index (χ3v) is 5.45. The highest BCUT2D eigenvalue weighted by Gasteiger charge is 2.23. The lowest BCUT2D eigenvalue weighted by Gasteiger charge is -2.36. The zero-order valence-electron chi connectivity index (χ0n) is 16.5. The first-order valence-corrected chi connectivity index (χ1v) is 10.4. The summed E-state index contributed by atoms with van der Waals surface area (Å²) in [6.07, 6.45) is 0. The first kappa shape index (κ1) is 23.7. The topological polar surface area (TPSA) is 48.9 Å². The maximum Gasteiger partial charge on any atom is 0.191 e. The summed E-state index contributed by atoms with van der Waals surface area (Å²) in [5.74, 6) is 1.98. The molecule has 1 saturated heterocycles. The molecule has 150 valence electrons. The maximum atomic E-state index is 5.49. The molecule has 0 bridgehead atoms. The number of aliphatic imine (C=N–C) groups is 1. The van der Waals surface area contributed by atoms with Crippen LogP contribution in [-0.4, -0.2) is 62.8 Å². The number of hydrogen-bond donors (Lipinski definition) is 2. The SMILES string of the molecule is CCNC(=NCC(C(C)C)N1CCOCC1)NCC(C)c1ccsc1.I. The predicted molar refractivity (Wildman–Crippen MR) is 123 cm³/mol. The maximum absolute atomic E-state index is 5.49. The zero-order valence-corrected chi connectivity index (χ0v) is 19.7.